The Morgan fingerprint density at radius 3 is 2.61 bits per heavy atom. The van der Waals surface area contributed by atoms with E-state index >= 15 is 0 Å². The molecule has 120 valence electrons. The quantitative estimate of drug-likeness (QED) is 0.718. The van der Waals surface area contributed by atoms with Gasteiger partial charge in [-0.1, -0.05) is 12.1 Å². The maximum atomic E-state index is 12.2. The Hall–Kier alpha value is -1.59. The summed E-state index contributed by atoms with van der Waals surface area (Å²) in [5, 5.41) is 3.14. The lowest BCUT2D eigenvalue weighted by atomic mass is 10.0. The van der Waals surface area contributed by atoms with Crippen LogP contribution in [0.3, 0.4) is 0 Å². The standard InChI is InChI=1S/C18H18BrNO2S/c1-22-14-6-4-13(5-7-14)18(12-2-3-12)20-17(21)11-9-15-8-10-16(19)23-15/h4-12,18H,2-3H2,1H3,(H,20,21)/b11-9+. The van der Waals surface area contributed by atoms with E-state index in [-0.39, 0.29) is 11.9 Å². The maximum absolute atomic E-state index is 12.2. The first-order valence-electron chi connectivity index (χ1n) is 7.53. The SMILES string of the molecule is COc1ccc(C(NC(=O)/C=C/c2ccc(Br)s2)C2CC2)cc1. The molecule has 1 aliphatic rings. The molecule has 0 aliphatic heterocycles. The van der Waals surface area contributed by atoms with Crippen molar-refractivity contribution in [3.05, 3.63) is 56.7 Å². The summed E-state index contributed by atoms with van der Waals surface area (Å²) in [7, 11) is 1.66. The molecule has 1 aromatic heterocycles. The van der Waals surface area contributed by atoms with E-state index in [4.69, 9.17) is 4.74 Å². The lowest BCUT2D eigenvalue weighted by molar-refractivity contribution is -0.117. The van der Waals surface area contributed by atoms with Crippen LogP contribution in [0.4, 0.5) is 0 Å². The van der Waals surface area contributed by atoms with Crippen molar-refractivity contribution in [2.75, 3.05) is 7.11 Å². The summed E-state index contributed by atoms with van der Waals surface area (Å²) in [5.74, 6) is 1.32. The van der Waals surface area contributed by atoms with Crippen molar-refractivity contribution in [1.82, 2.24) is 5.32 Å². The van der Waals surface area contributed by atoms with E-state index in [0.29, 0.717) is 5.92 Å². The van der Waals surface area contributed by atoms with Crippen molar-refractivity contribution in [2.45, 2.75) is 18.9 Å². The fourth-order valence-electron chi connectivity index (χ4n) is 2.49. The largest absolute Gasteiger partial charge is 0.497 e. The van der Waals surface area contributed by atoms with E-state index in [0.717, 1.165) is 20.0 Å². The second-order valence-corrected chi connectivity index (χ2v) is 8.07. The zero-order chi connectivity index (χ0) is 16.2. The highest BCUT2D eigenvalue weighted by molar-refractivity contribution is 9.11. The van der Waals surface area contributed by atoms with Gasteiger partial charge in [0.15, 0.2) is 0 Å². The maximum Gasteiger partial charge on any atom is 0.244 e. The van der Waals surface area contributed by atoms with Gasteiger partial charge in [0.2, 0.25) is 5.91 Å². The van der Waals surface area contributed by atoms with E-state index in [1.165, 1.54) is 12.8 Å². The van der Waals surface area contributed by atoms with Crippen LogP contribution in [-0.2, 0) is 4.79 Å². The predicted molar refractivity (Wildman–Crippen MR) is 97.7 cm³/mol. The molecule has 1 atom stereocenters. The van der Waals surface area contributed by atoms with Crippen LogP contribution in [0.1, 0.15) is 29.3 Å². The monoisotopic (exact) mass is 391 g/mol. The molecule has 0 spiro atoms. The first-order chi connectivity index (χ1) is 11.2. The van der Waals surface area contributed by atoms with E-state index in [1.54, 1.807) is 24.5 Å². The number of ether oxygens (including phenoxy) is 1. The summed E-state index contributed by atoms with van der Waals surface area (Å²) in [4.78, 5) is 13.3. The number of methoxy groups -OCH3 is 1. The number of carbonyl (C=O) groups is 1. The Morgan fingerprint density at radius 1 is 1.30 bits per heavy atom. The van der Waals surface area contributed by atoms with Gasteiger partial charge in [-0.25, -0.2) is 0 Å². The average Bonchev–Trinajstić information content (AvgIpc) is 3.32. The third-order valence-corrected chi connectivity index (χ3v) is 5.45. The molecule has 1 saturated carbocycles. The van der Waals surface area contributed by atoms with Gasteiger partial charge in [0.25, 0.3) is 0 Å². The molecule has 0 bridgehead atoms. The molecule has 1 unspecified atom stereocenters. The molecule has 1 N–H and O–H groups in total. The van der Waals surface area contributed by atoms with Crippen molar-refractivity contribution in [3.63, 3.8) is 0 Å². The van der Waals surface area contributed by atoms with Crippen LogP contribution in [0, 0.1) is 5.92 Å². The van der Waals surface area contributed by atoms with Gasteiger partial charge in [0.1, 0.15) is 5.75 Å². The van der Waals surface area contributed by atoms with Gasteiger partial charge in [0.05, 0.1) is 16.9 Å². The Balaban J connectivity index is 1.67. The molecule has 0 radical (unpaired) electrons. The number of amides is 1. The minimum atomic E-state index is -0.0535. The minimum Gasteiger partial charge on any atom is -0.497 e. The smallest absolute Gasteiger partial charge is 0.244 e. The second-order valence-electron chi connectivity index (χ2n) is 5.57. The summed E-state index contributed by atoms with van der Waals surface area (Å²) in [6.45, 7) is 0. The van der Waals surface area contributed by atoms with Gasteiger partial charge in [-0.05, 0) is 70.6 Å². The van der Waals surface area contributed by atoms with Gasteiger partial charge in [-0.2, -0.15) is 0 Å². The van der Waals surface area contributed by atoms with Gasteiger partial charge in [-0.15, -0.1) is 11.3 Å². The summed E-state index contributed by atoms with van der Waals surface area (Å²) in [6.07, 6.45) is 5.79. The molecule has 3 rings (SSSR count). The minimum absolute atomic E-state index is 0.0535. The Bertz CT molecular complexity index is 704. The summed E-state index contributed by atoms with van der Waals surface area (Å²) >= 11 is 5.03. The zero-order valence-electron chi connectivity index (χ0n) is 12.8. The van der Waals surface area contributed by atoms with Crippen molar-refractivity contribution in [3.8, 4) is 5.75 Å². The number of nitrogens with one attached hydrogen (secondary N) is 1. The van der Waals surface area contributed by atoms with E-state index in [9.17, 15) is 4.79 Å². The molecule has 0 saturated heterocycles. The predicted octanol–water partition coefficient (Wildman–Crippen LogP) is 4.80. The zero-order valence-corrected chi connectivity index (χ0v) is 15.2. The highest BCUT2D eigenvalue weighted by atomic mass is 79.9. The summed E-state index contributed by atoms with van der Waals surface area (Å²) in [5.41, 5.74) is 1.13. The first-order valence-corrected chi connectivity index (χ1v) is 9.14. The molecule has 3 nitrogen and oxygen atoms in total. The van der Waals surface area contributed by atoms with Crippen LogP contribution < -0.4 is 10.1 Å². The van der Waals surface area contributed by atoms with Crippen LogP contribution in [0.5, 0.6) is 5.75 Å². The van der Waals surface area contributed by atoms with E-state index in [1.807, 2.05) is 42.5 Å². The Kier molecular flexibility index (Phi) is 5.18. The number of hydrogen-bond acceptors (Lipinski definition) is 3. The number of thiophene rings is 1. The number of carbonyl (C=O) groups excluding carboxylic acids is 1. The van der Waals surface area contributed by atoms with Crippen LogP contribution in [-0.4, -0.2) is 13.0 Å². The first kappa shape index (κ1) is 16.3. The molecule has 2 aromatic rings. The highest BCUT2D eigenvalue weighted by Gasteiger charge is 2.33. The van der Waals surface area contributed by atoms with Crippen LogP contribution >= 0.6 is 27.3 Å². The molecule has 1 fully saturated rings. The van der Waals surface area contributed by atoms with Gasteiger partial charge in [0, 0.05) is 11.0 Å². The normalized spacial score (nSPS) is 15.6. The molecule has 5 heteroatoms. The van der Waals surface area contributed by atoms with Crippen molar-refractivity contribution < 1.29 is 9.53 Å². The molecule has 23 heavy (non-hydrogen) atoms. The summed E-state index contributed by atoms with van der Waals surface area (Å²) < 4.78 is 6.26. The second kappa shape index (κ2) is 7.32. The number of rotatable bonds is 6. The van der Waals surface area contributed by atoms with E-state index in [2.05, 4.69) is 21.2 Å². The van der Waals surface area contributed by atoms with E-state index < -0.39 is 0 Å². The third kappa shape index (κ3) is 4.45. The molecule has 1 heterocycles. The Labute approximate surface area is 148 Å². The number of halogens is 1. The van der Waals surface area contributed by atoms with Crippen molar-refractivity contribution >= 4 is 39.2 Å². The molecule has 1 aromatic carbocycles. The van der Waals surface area contributed by atoms with Crippen LogP contribution in [0.2, 0.25) is 0 Å². The fourth-order valence-corrected chi connectivity index (χ4v) is 3.82. The van der Waals surface area contributed by atoms with Gasteiger partial charge >= 0.3 is 0 Å². The topological polar surface area (TPSA) is 38.3 Å². The average molecular weight is 392 g/mol. The summed E-state index contributed by atoms with van der Waals surface area (Å²) in [6, 6.07) is 12.0. The lowest BCUT2D eigenvalue weighted by Crippen LogP contribution is -2.28. The van der Waals surface area contributed by atoms with Gasteiger partial charge < -0.3 is 10.1 Å². The number of benzene rings is 1. The fraction of sp³-hybridized carbons (Fsp3) is 0.278. The third-order valence-electron chi connectivity index (χ3n) is 3.86. The Morgan fingerprint density at radius 2 is 2.04 bits per heavy atom. The molecule has 1 aliphatic carbocycles. The molecule has 1 amide bonds. The van der Waals surface area contributed by atoms with Crippen LogP contribution in [0.15, 0.2) is 46.3 Å². The highest BCUT2D eigenvalue weighted by Crippen LogP contribution is 2.41. The van der Waals surface area contributed by atoms with Crippen LogP contribution in [0.25, 0.3) is 6.08 Å². The molecular weight excluding hydrogens is 374 g/mol. The van der Waals surface area contributed by atoms with Gasteiger partial charge in [-0.3, -0.25) is 4.79 Å². The van der Waals surface area contributed by atoms with Crippen molar-refractivity contribution in [1.29, 1.82) is 0 Å². The lowest BCUT2D eigenvalue weighted by Gasteiger charge is -2.18. The molecular formula is C18H18BrNO2S. The number of hydrogen-bond donors (Lipinski definition) is 1. The van der Waals surface area contributed by atoms with Crippen molar-refractivity contribution in [2.24, 2.45) is 5.92 Å².